The number of amides is 2. The number of nitrogens with one attached hydrogen (secondary N) is 2. The van der Waals surface area contributed by atoms with Gasteiger partial charge in [-0.05, 0) is 24.3 Å². The molecule has 0 bridgehead atoms. The Labute approximate surface area is 148 Å². The molecular weight excluding hydrogens is 353 g/mol. The van der Waals surface area contributed by atoms with Crippen LogP contribution in [0.5, 0.6) is 5.75 Å². The predicted molar refractivity (Wildman–Crippen MR) is 93.8 cm³/mol. The zero-order chi connectivity index (χ0) is 17.5. The number of hydrazone groups is 1. The van der Waals surface area contributed by atoms with Crippen LogP contribution in [0.15, 0.2) is 47.6 Å². The van der Waals surface area contributed by atoms with Crippen LogP contribution in [-0.4, -0.2) is 25.1 Å². The van der Waals surface area contributed by atoms with Crippen molar-refractivity contribution in [1.29, 1.82) is 0 Å². The number of hydrogen-bond acceptors (Lipinski definition) is 4. The Morgan fingerprint density at radius 3 is 2.62 bits per heavy atom. The Kier molecular flexibility index (Phi) is 6.17. The van der Waals surface area contributed by atoms with E-state index in [1.807, 2.05) is 0 Å². The Morgan fingerprint density at radius 2 is 1.92 bits per heavy atom. The van der Waals surface area contributed by atoms with Crippen LogP contribution >= 0.6 is 23.2 Å². The number of hydrogen-bond donors (Lipinski definition) is 2. The number of carbonyl (C=O) groups is 2. The van der Waals surface area contributed by atoms with Gasteiger partial charge in [0.25, 0.3) is 0 Å². The number of methoxy groups -OCH3 is 1. The van der Waals surface area contributed by atoms with Gasteiger partial charge in [-0.1, -0.05) is 35.3 Å². The second-order valence-corrected chi connectivity index (χ2v) is 5.39. The first-order valence-corrected chi connectivity index (χ1v) is 7.48. The lowest BCUT2D eigenvalue weighted by Crippen LogP contribution is -2.32. The molecule has 0 aliphatic carbocycles. The summed E-state index contributed by atoms with van der Waals surface area (Å²) in [5, 5.41) is 6.99. The molecule has 2 amide bonds. The average molecular weight is 366 g/mol. The highest BCUT2D eigenvalue weighted by Gasteiger charge is 2.13. The van der Waals surface area contributed by atoms with Crippen molar-refractivity contribution in [2.75, 3.05) is 12.4 Å². The van der Waals surface area contributed by atoms with E-state index in [1.165, 1.54) is 13.3 Å². The van der Waals surface area contributed by atoms with Crippen molar-refractivity contribution in [2.24, 2.45) is 5.10 Å². The first-order valence-electron chi connectivity index (χ1n) is 6.73. The lowest BCUT2D eigenvalue weighted by atomic mass is 10.2. The lowest BCUT2D eigenvalue weighted by Gasteiger charge is -2.05. The van der Waals surface area contributed by atoms with Crippen molar-refractivity contribution in [3.63, 3.8) is 0 Å². The highest BCUT2D eigenvalue weighted by atomic mass is 35.5. The van der Waals surface area contributed by atoms with Gasteiger partial charge in [0.05, 0.1) is 18.3 Å². The first-order chi connectivity index (χ1) is 11.5. The molecule has 0 heterocycles. The number of benzene rings is 2. The fraction of sp³-hybridized carbons (Fsp3) is 0.0625. The Balaban J connectivity index is 1.93. The van der Waals surface area contributed by atoms with E-state index in [0.29, 0.717) is 27.0 Å². The summed E-state index contributed by atoms with van der Waals surface area (Å²) in [5.74, 6) is -1.22. The number of rotatable bonds is 4. The van der Waals surface area contributed by atoms with Crippen LogP contribution in [0.1, 0.15) is 5.56 Å². The van der Waals surface area contributed by atoms with Gasteiger partial charge in [0.1, 0.15) is 5.75 Å². The summed E-state index contributed by atoms with van der Waals surface area (Å²) in [6, 6.07) is 11.4. The summed E-state index contributed by atoms with van der Waals surface area (Å²) >= 11 is 11.7. The van der Waals surface area contributed by atoms with Crippen LogP contribution < -0.4 is 15.5 Å². The van der Waals surface area contributed by atoms with Gasteiger partial charge in [0.2, 0.25) is 0 Å². The number of ether oxygens (including phenoxy) is 1. The summed E-state index contributed by atoms with van der Waals surface area (Å²) in [5.41, 5.74) is 3.10. The van der Waals surface area contributed by atoms with Gasteiger partial charge in [-0.3, -0.25) is 9.59 Å². The number of carbonyl (C=O) groups excluding carboxylic acids is 2. The SMILES string of the molecule is COc1cccc(NC(=O)C(=O)N/N=C\c2ccc(Cl)cc2Cl)c1. The molecule has 2 aromatic rings. The van der Waals surface area contributed by atoms with Crippen LogP contribution in [-0.2, 0) is 9.59 Å². The molecular formula is C16H13Cl2N3O3. The second kappa shape index (κ2) is 8.33. The topological polar surface area (TPSA) is 79.8 Å². The quantitative estimate of drug-likeness (QED) is 0.496. The molecule has 0 saturated carbocycles. The van der Waals surface area contributed by atoms with Gasteiger partial charge in [-0.25, -0.2) is 5.43 Å². The van der Waals surface area contributed by atoms with Gasteiger partial charge < -0.3 is 10.1 Å². The minimum absolute atomic E-state index is 0.376. The van der Waals surface area contributed by atoms with Crippen LogP contribution in [0.3, 0.4) is 0 Å². The number of halogens is 2. The fourth-order valence-corrected chi connectivity index (χ4v) is 2.16. The van der Waals surface area contributed by atoms with Gasteiger partial charge in [-0.15, -0.1) is 0 Å². The zero-order valence-corrected chi connectivity index (χ0v) is 14.1. The number of anilines is 1. The third-order valence-electron chi connectivity index (χ3n) is 2.87. The Morgan fingerprint density at radius 1 is 1.12 bits per heavy atom. The third kappa shape index (κ3) is 4.97. The second-order valence-electron chi connectivity index (χ2n) is 4.55. The Bertz CT molecular complexity index is 794. The minimum atomic E-state index is -0.917. The molecule has 0 radical (unpaired) electrons. The van der Waals surface area contributed by atoms with Crippen molar-refractivity contribution >= 4 is 46.9 Å². The van der Waals surface area contributed by atoms with Crippen molar-refractivity contribution in [1.82, 2.24) is 5.43 Å². The molecule has 0 aliphatic heterocycles. The maximum atomic E-state index is 11.8. The van der Waals surface area contributed by atoms with Crippen LogP contribution in [0.25, 0.3) is 0 Å². The summed E-state index contributed by atoms with van der Waals surface area (Å²) < 4.78 is 5.03. The third-order valence-corrected chi connectivity index (χ3v) is 3.43. The van der Waals surface area contributed by atoms with Gasteiger partial charge in [-0.2, -0.15) is 5.10 Å². The lowest BCUT2D eigenvalue weighted by molar-refractivity contribution is -0.136. The van der Waals surface area contributed by atoms with E-state index in [-0.39, 0.29) is 0 Å². The molecule has 0 aromatic heterocycles. The maximum absolute atomic E-state index is 11.8. The molecule has 0 fully saturated rings. The largest absolute Gasteiger partial charge is 0.497 e. The Hall–Kier alpha value is -2.57. The van der Waals surface area contributed by atoms with E-state index >= 15 is 0 Å². The smallest absolute Gasteiger partial charge is 0.329 e. The summed E-state index contributed by atoms with van der Waals surface area (Å²) in [6.07, 6.45) is 1.31. The normalized spacial score (nSPS) is 10.5. The van der Waals surface area contributed by atoms with Crippen LogP contribution in [0.4, 0.5) is 5.69 Å². The molecule has 2 N–H and O–H groups in total. The molecule has 6 nitrogen and oxygen atoms in total. The first kappa shape index (κ1) is 17.8. The van der Waals surface area contributed by atoms with Crippen molar-refractivity contribution in [3.05, 3.63) is 58.1 Å². The van der Waals surface area contributed by atoms with Gasteiger partial charge in [0, 0.05) is 22.3 Å². The summed E-state index contributed by atoms with van der Waals surface area (Å²) in [7, 11) is 1.50. The van der Waals surface area contributed by atoms with Crippen LogP contribution in [0.2, 0.25) is 10.0 Å². The summed E-state index contributed by atoms with van der Waals surface area (Å²) in [6.45, 7) is 0. The molecule has 0 unspecified atom stereocenters. The standard InChI is InChI=1S/C16H13Cl2N3O3/c1-24-13-4-2-3-12(8-13)20-15(22)16(23)21-19-9-10-5-6-11(17)7-14(10)18/h2-9H,1H3,(H,20,22)(H,21,23)/b19-9-. The van der Waals surface area contributed by atoms with Gasteiger partial charge >= 0.3 is 11.8 Å². The predicted octanol–water partition coefficient (Wildman–Crippen LogP) is 3.09. The molecule has 124 valence electrons. The maximum Gasteiger partial charge on any atom is 0.329 e. The van der Waals surface area contributed by atoms with E-state index < -0.39 is 11.8 Å². The molecule has 0 spiro atoms. The van der Waals surface area contributed by atoms with E-state index in [2.05, 4.69) is 15.8 Å². The van der Waals surface area contributed by atoms with E-state index in [9.17, 15) is 9.59 Å². The minimum Gasteiger partial charge on any atom is -0.497 e. The monoisotopic (exact) mass is 365 g/mol. The molecule has 24 heavy (non-hydrogen) atoms. The highest BCUT2D eigenvalue weighted by molar-refractivity contribution is 6.39. The molecule has 0 atom stereocenters. The van der Waals surface area contributed by atoms with E-state index in [1.54, 1.807) is 42.5 Å². The highest BCUT2D eigenvalue weighted by Crippen LogP contribution is 2.19. The van der Waals surface area contributed by atoms with Crippen molar-refractivity contribution in [2.45, 2.75) is 0 Å². The number of nitrogens with zero attached hydrogens (tertiary/aromatic N) is 1. The van der Waals surface area contributed by atoms with Crippen molar-refractivity contribution < 1.29 is 14.3 Å². The fourth-order valence-electron chi connectivity index (χ4n) is 1.71. The molecule has 0 saturated heterocycles. The molecule has 0 aliphatic rings. The molecule has 8 heteroatoms. The average Bonchev–Trinajstić information content (AvgIpc) is 2.56. The zero-order valence-electron chi connectivity index (χ0n) is 12.5. The van der Waals surface area contributed by atoms with Crippen LogP contribution in [0, 0.1) is 0 Å². The van der Waals surface area contributed by atoms with E-state index in [0.717, 1.165) is 0 Å². The molecule has 2 aromatic carbocycles. The van der Waals surface area contributed by atoms with Crippen molar-refractivity contribution in [3.8, 4) is 5.75 Å². The summed E-state index contributed by atoms with van der Waals surface area (Å²) in [4.78, 5) is 23.5. The van der Waals surface area contributed by atoms with Gasteiger partial charge in [0.15, 0.2) is 0 Å². The molecule has 2 rings (SSSR count). The van der Waals surface area contributed by atoms with E-state index in [4.69, 9.17) is 27.9 Å².